The molecule has 0 aliphatic rings. The fourth-order valence-electron chi connectivity index (χ4n) is 2.15. The summed E-state index contributed by atoms with van der Waals surface area (Å²) in [6, 6.07) is 9.06. The minimum absolute atomic E-state index is 0.158. The third-order valence-electron chi connectivity index (χ3n) is 3.66. The fourth-order valence-corrected chi connectivity index (χ4v) is 2.15. The Labute approximate surface area is 118 Å². The molecule has 0 aromatic heterocycles. The highest BCUT2D eigenvalue weighted by molar-refractivity contribution is 5.31. The lowest BCUT2D eigenvalue weighted by Gasteiger charge is -2.27. The number of hydrogen-bond donors (Lipinski definition) is 2. The number of hydrogen-bond acceptors (Lipinski definition) is 2. The van der Waals surface area contributed by atoms with Crippen molar-refractivity contribution in [1.29, 1.82) is 0 Å². The molecule has 0 bridgehead atoms. The van der Waals surface area contributed by atoms with Crippen LogP contribution in [0.5, 0.6) is 0 Å². The molecule has 0 saturated carbocycles. The van der Waals surface area contributed by atoms with Gasteiger partial charge in [0.25, 0.3) is 0 Å². The van der Waals surface area contributed by atoms with Crippen LogP contribution >= 0.6 is 0 Å². The molecular weight excluding hydrogens is 232 g/mol. The van der Waals surface area contributed by atoms with Crippen molar-refractivity contribution in [2.75, 3.05) is 19.6 Å². The average Bonchev–Trinajstić information content (AvgIpc) is 2.34. The second-order valence-electron chi connectivity index (χ2n) is 7.03. The van der Waals surface area contributed by atoms with E-state index in [1.54, 1.807) is 0 Å². The molecule has 0 heterocycles. The van der Waals surface area contributed by atoms with Crippen LogP contribution in [0.15, 0.2) is 24.3 Å². The van der Waals surface area contributed by atoms with E-state index in [0.29, 0.717) is 0 Å². The number of benzene rings is 1. The molecule has 1 aromatic rings. The van der Waals surface area contributed by atoms with Crippen LogP contribution in [0, 0.1) is 0 Å². The maximum atomic E-state index is 5.51. The molecule has 0 saturated heterocycles. The van der Waals surface area contributed by atoms with Crippen LogP contribution in [-0.2, 0) is 10.8 Å². The van der Waals surface area contributed by atoms with Crippen LogP contribution in [-0.4, -0.2) is 19.6 Å². The van der Waals surface area contributed by atoms with Gasteiger partial charge in [-0.15, -0.1) is 0 Å². The van der Waals surface area contributed by atoms with Crippen LogP contribution in [0.3, 0.4) is 0 Å². The minimum atomic E-state index is 0.158. The monoisotopic (exact) mass is 262 g/mol. The molecule has 19 heavy (non-hydrogen) atoms. The topological polar surface area (TPSA) is 38.0 Å². The van der Waals surface area contributed by atoms with Gasteiger partial charge in [0.15, 0.2) is 0 Å². The molecule has 0 spiro atoms. The quantitative estimate of drug-likeness (QED) is 0.773. The maximum Gasteiger partial charge on any atom is 0.00431 e. The highest BCUT2D eigenvalue weighted by Crippen LogP contribution is 2.27. The Morgan fingerprint density at radius 1 is 0.947 bits per heavy atom. The first kappa shape index (κ1) is 16.2. The van der Waals surface area contributed by atoms with Gasteiger partial charge < -0.3 is 11.1 Å². The van der Waals surface area contributed by atoms with Crippen molar-refractivity contribution in [2.24, 2.45) is 5.73 Å². The molecule has 1 aromatic carbocycles. The molecular formula is C17H30N2. The van der Waals surface area contributed by atoms with Crippen molar-refractivity contribution in [2.45, 2.75) is 51.9 Å². The molecule has 0 unspecified atom stereocenters. The van der Waals surface area contributed by atoms with E-state index < -0.39 is 0 Å². The smallest absolute Gasteiger partial charge is 0.00431 e. The van der Waals surface area contributed by atoms with E-state index in [9.17, 15) is 0 Å². The first-order valence-corrected chi connectivity index (χ1v) is 7.29. The highest BCUT2D eigenvalue weighted by Gasteiger charge is 2.21. The van der Waals surface area contributed by atoms with Gasteiger partial charge in [-0.2, -0.15) is 0 Å². The average molecular weight is 262 g/mol. The first-order chi connectivity index (χ1) is 8.77. The van der Waals surface area contributed by atoms with Crippen LogP contribution in [0.25, 0.3) is 0 Å². The van der Waals surface area contributed by atoms with Gasteiger partial charge in [-0.1, -0.05) is 58.9 Å². The lowest BCUT2D eigenvalue weighted by Crippen LogP contribution is -2.34. The molecule has 0 radical (unpaired) electrons. The van der Waals surface area contributed by atoms with E-state index in [1.807, 2.05) is 0 Å². The highest BCUT2D eigenvalue weighted by atomic mass is 14.9. The summed E-state index contributed by atoms with van der Waals surface area (Å²) in [5.74, 6) is 0. The normalized spacial score (nSPS) is 12.7. The van der Waals surface area contributed by atoms with Crippen molar-refractivity contribution in [1.82, 2.24) is 5.32 Å². The van der Waals surface area contributed by atoms with Gasteiger partial charge in [0.2, 0.25) is 0 Å². The summed E-state index contributed by atoms with van der Waals surface area (Å²) in [6.07, 6.45) is 1.04. The van der Waals surface area contributed by atoms with E-state index in [2.05, 4.69) is 64.2 Å². The molecule has 0 aliphatic heterocycles. The molecule has 2 heteroatoms. The van der Waals surface area contributed by atoms with Crippen molar-refractivity contribution >= 4 is 0 Å². The molecule has 0 aliphatic carbocycles. The SMILES string of the molecule is CC(C)(C)c1ccc(C(C)(C)CNCCCN)cc1. The van der Waals surface area contributed by atoms with Gasteiger partial charge in [-0.3, -0.25) is 0 Å². The van der Waals surface area contributed by atoms with Crippen LogP contribution in [0.4, 0.5) is 0 Å². The molecule has 0 fully saturated rings. The molecule has 108 valence electrons. The Kier molecular flexibility index (Phi) is 5.57. The Balaban J connectivity index is 2.68. The van der Waals surface area contributed by atoms with Crippen molar-refractivity contribution in [3.8, 4) is 0 Å². The number of nitrogens with one attached hydrogen (secondary N) is 1. The van der Waals surface area contributed by atoms with E-state index in [0.717, 1.165) is 26.1 Å². The Morgan fingerprint density at radius 3 is 1.95 bits per heavy atom. The summed E-state index contributed by atoms with van der Waals surface area (Å²) >= 11 is 0. The third kappa shape index (κ3) is 4.96. The molecule has 2 nitrogen and oxygen atoms in total. The van der Waals surface area contributed by atoms with Crippen molar-refractivity contribution in [3.63, 3.8) is 0 Å². The van der Waals surface area contributed by atoms with Crippen molar-refractivity contribution < 1.29 is 0 Å². The first-order valence-electron chi connectivity index (χ1n) is 7.29. The standard InChI is InChI=1S/C17H30N2/c1-16(2,3)14-7-9-15(10-8-14)17(4,5)13-19-12-6-11-18/h7-10,19H,6,11-13,18H2,1-5H3. The summed E-state index contributed by atoms with van der Waals surface area (Å²) in [7, 11) is 0. The number of nitrogens with two attached hydrogens (primary N) is 1. The summed E-state index contributed by atoms with van der Waals surface area (Å²) in [4.78, 5) is 0. The van der Waals surface area contributed by atoms with Gasteiger partial charge in [0.05, 0.1) is 0 Å². The third-order valence-corrected chi connectivity index (χ3v) is 3.66. The van der Waals surface area contributed by atoms with Crippen LogP contribution < -0.4 is 11.1 Å². The molecule has 0 amide bonds. The lowest BCUT2D eigenvalue weighted by atomic mass is 9.81. The summed E-state index contributed by atoms with van der Waals surface area (Å²) in [5, 5.41) is 3.49. The van der Waals surface area contributed by atoms with Gasteiger partial charge in [-0.05, 0) is 36.1 Å². The molecule has 0 atom stereocenters. The molecule has 1 rings (SSSR count). The van der Waals surface area contributed by atoms with E-state index in [-0.39, 0.29) is 10.8 Å². The maximum absolute atomic E-state index is 5.51. The van der Waals surface area contributed by atoms with Crippen molar-refractivity contribution in [3.05, 3.63) is 35.4 Å². The summed E-state index contributed by atoms with van der Waals surface area (Å²) in [5.41, 5.74) is 8.67. The zero-order valence-corrected chi connectivity index (χ0v) is 13.2. The fraction of sp³-hybridized carbons (Fsp3) is 0.647. The molecule has 3 N–H and O–H groups in total. The summed E-state index contributed by atoms with van der Waals surface area (Å²) in [6.45, 7) is 14.1. The second-order valence-corrected chi connectivity index (χ2v) is 7.03. The van der Waals surface area contributed by atoms with E-state index in [4.69, 9.17) is 5.73 Å². The Bertz CT molecular complexity index is 371. The summed E-state index contributed by atoms with van der Waals surface area (Å²) < 4.78 is 0. The predicted octanol–water partition coefficient (Wildman–Crippen LogP) is 3.20. The zero-order chi connectivity index (χ0) is 14.5. The Morgan fingerprint density at radius 2 is 1.47 bits per heavy atom. The minimum Gasteiger partial charge on any atom is -0.330 e. The largest absolute Gasteiger partial charge is 0.330 e. The Hall–Kier alpha value is -0.860. The zero-order valence-electron chi connectivity index (χ0n) is 13.2. The van der Waals surface area contributed by atoms with E-state index in [1.165, 1.54) is 11.1 Å². The van der Waals surface area contributed by atoms with Crippen LogP contribution in [0.2, 0.25) is 0 Å². The van der Waals surface area contributed by atoms with Gasteiger partial charge >= 0.3 is 0 Å². The second kappa shape index (κ2) is 6.53. The van der Waals surface area contributed by atoms with Gasteiger partial charge in [-0.25, -0.2) is 0 Å². The van der Waals surface area contributed by atoms with E-state index >= 15 is 0 Å². The predicted molar refractivity (Wildman–Crippen MR) is 84.7 cm³/mol. The van der Waals surface area contributed by atoms with Gasteiger partial charge in [0.1, 0.15) is 0 Å². The number of rotatable bonds is 6. The van der Waals surface area contributed by atoms with Crippen LogP contribution in [0.1, 0.15) is 52.2 Å². The lowest BCUT2D eigenvalue weighted by molar-refractivity contribution is 0.466. The van der Waals surface area contributed by atoms with Gasteiger partial charge in [0, 0.05) is 12.0 Å².